The first-order valence-corrected chi connectivity index (χ1v) is 4.90. The SMILES string of the molecule is [O]CCCCn1cnc2ccccc21. The molecule has 0 aliphatic heterocycles. The van der Waals surface area contributed by atoms with Gasteiger partial charge in [-0.05, 0) is 25.0 Å². The average Bonchev–Trinajstić information content (AvgIpc) is 2.63. The highest BCUT2D eigenvalue weighted by Crippen LogP contribution is 2.12. The lowest BCUT2D eigenvalue weighted by atomic mass is 10.3. The highest BCUT2D eigenvalue weighted by molar-refractivity contribution is 5.74. The summed E-state index contributed by atoms with van der Waals surface area (Å²) >= 11 is 0. The Morgan fingerprint density at radius 3 is 2.93 bits per heavy atom. The van der Waals surface area contributed by atoms with Gasteiger partial charge in [-0.15, -0.1) is 0 Å². The molecule has 0 atom stereocenters. The number of aryl methyl sites for hydroxylation is 1. The van der Waals surface area contributed by atoms with Crippen molar-refractivity contribution in [1.82, 2.24) is 9.55 Å². The molecule has 0 aliphatic rings. The second-order valence-corrected chi connectivity index (χ2v) is 3.34. The van der Waals surface area contributed by atoms with E-state index in [9.17, 15) is 5.11 Å². The first-order valence-electron chi connectivity index (χ1n) is 4.90. The summed E-state index contributed by atoms with van der Waals surface area (Å²) in [7, 11) is 0. The Bertz CT molecular complexity index is 408. The van der Waals surface area contributed by atoms with E-state index < -0.39 is 0 Å². The minimum atomic E-state index is 0.0205. The number of imidazole rings is 1. The molecule has 14 heavy (non-hydrogen) atoms. The smallest absolute Gasteiger partial charge is 0.0958 e. The van der Waals surface area contributed by atoms with Crippen LogP contribution in [0.3, 0.4) is 0 Å². The van der Waals surface area contributed by atoms with Gasteiger partial charge in [-0.1, -0.05) is 12.1 Å². The van der Waals surface area contributed by atoms with Gasteiger partial charge >= 0.3 is 0 Å². The van der Waals surface area contributed by atoms with Crippen molar-refractivity contribution in [3.05, 3.63) is 30.6 Å². The van der Waals surface area contributed by atoms with Crippen LogP contribution >= 0.6 is 0 Å². The second kappa shape index (κ2) is 4.24. The lowest BCUT2D eigenvalue weighted by Crippen LogP contribution is -1.96. The molecule has 1 aromatic heterocycles. The summed E-state index contributed by atoms with van der Waals surface area (Å²) in [5.41, 5.74) is 2.17. The molecule has 0 fully saturated rings. The summed E-state index contributed by atoms with van der Waals surface area (Å²) in [4.78, 5) is 4.28. The van der Waals surface area contributed by atoms with Crippen molar-refractivity contribution >= 4 is 11.0 Å². The number of hydrogen-bond donors (Lipinski definition) is 0. The number of unbranched alkanes of at least 4 members (excludes halogenated alkanes) is 1. The Labute approximate surface area is 83.0 Å². The van der Waals surface area contributed by atoms with Crippen LogP contribution in [0.25, 0.3) is 11.0 Å². The maximum absolute atomic E-state index is 10.3. The van der Waals surface area contributed by atoms with E-state index in [-0.39, 0.29) is 6.61 Å². The van der Waals surface area contributed by atoms with E-state index in [1.165, 1.54) is 0 Å². The Hall–Kier alpha value is -1.35. The summed E-state index contributed by atoms with van der Waals surface area (Å²) in [6.07, 6.45) is 3.52. The standard InChI is InChI=1S/C11H13N2O/c14-8-4-3-7-13-9-12-10-5-1-2-6-11(10)13/h1-2,5-6,9H,3-4,7-8H2. The zero-order valence-electron chi connectivity index (χ0n) is 8.02. The fourth-order valence-corrected chi connectivity index (χ4v) is 1.57. The maximum Gasteiger partial charge on any atom is 0.0958 e. The molecule has 0 N–H and O–H groups in total. The number of fused-ring (bicyclic) bond motifs is 1. The third-order valence-electron chi connectivity index (χ3n) is 2.32. The lowest BCUT2D eigenvalue weighted by molar-refractivity contribution is 0.185. The van der Waals surface area contributed by atoms with Gasteiger partial charge in [0, 0.05) is 6.54 Å². The highest BCUT2D eigenvalue weighted by atomic mass is 16.2. The van der Waals surface area contributed by atoms with Gasteiger partial charge in [0.15, 0.2) is 0 Å². The van der Waals surface area contributed by atoms with E-state index in [2.05, 4.69) is 15.6 Å². The van der Waals surface area contributed by atoms with Crippen molar-refractivity contribution in [2.75, 3.05) is 6.61 Å². The Morgan fingerprint density at radius 2 is 2.07 bits per heavy atom. The molecule has 0 saturated carbocycles. The van der Waals surface area contributed by atoms with Gasteiger partial charge in [-0.25, -0.2) is 10.1 Å². The van der Waals surface area contributed by atoms with Crippen LogP contribution in [-0.4, -0.2) is 16.2 Å². The van der Waals surface area contributed by atoms with Crippen LogP contribution in [0, 0.1) is 0 Å². The first-order chi connectivity index (χ1) is 6.92. The minimum Gasteiger partial charge on any atom is -0.331 e. The van der Waals surface area contributed by atoms with Crippen LogP contribution < -0.4 is 0 Å². The third kappa shape index (κ3) is 1.77. The number of rotatable bonds is 4. The molecule has 0 amide bonds. The van der Waals surface area contributed by atoms with Crippen LogP contribution in [0.5, 0.6) is 0 Å². The fraction of sp³-hybridized carbons (Fsp3) is 0.364. The van der Waals surface area contributed by atoms with Crippen molar-refractivity contribution in [2.24, 2.45) is 0 Å². The van der Waals surface area contributed by atoms with Crippen molar-refractivity contribution < 1.29 is 5.11 Å². The Kier molecular flexibility index (Phi) is 2.79. The van der Waals surface area contributed by atoms with Gasteiger partial charge in [0.1, 0.15) is 0 Å². The molecule has 1 aromatic carbocycles. The van der Waals surface area contributed by atoms with Gasteiger partial charge < -0.3 is 4.57 Å². The fourth-order valence-electron chi connectivity index (χ4n) is 1.57. The van der Waals surface area contributed by atoms with Gasteiger partial charge in [0.05, 0.1) is 24.0 Å². The van der Waals surface area contributed by atoms with Gasteiger partial charge in [-0.2, -0.15) is 0 Å². The lowest BCUT2D eigenvalue weighted by Gasteiger charge is -2.01. The number of hydrogen-bond acceptors (Lipinski definition) is 1. The van der Waals surface area contributed by atoms with Gasteiger partial charge in [-0.3, -0.25) is 0 Å². The van der Waals surface area contributed by atoms with Crippen molar-refractivity contribution in [1.29, 1.82) is 0 Å². The van der Waals surface area contributed by atoms with E-state index >= 15 is 0 Å². The van der Waals surface area contributed by atoms with Crippen molar-refractivity contribution in [3.63, 3.8) is 0 Å². The van der Waals surface area contributed by atoms with E-state index in [1.807, 2.05) is 24.5 Å². The maximum atomic E-state index is 10.3. The zero-order chi connectivity index (χ0) is 9.80. The molecule has 1 heterocycles. The monoisotopic (exact) mass is 189 g/mol. The van der Waals surface area contributed by atoms with E-state index in [0.717, 1.165) is 30.4 Å². The predicted octanol–water partition coefficient (Wildman–Crippen LogP) is 2.25. The molecule has 1 radical (unpaired) electrons. The van der Waals surface area contributed by atoms with Crippen molar-refractivity contribution in [3.8, 4) is 0 Å². The summed E-state index contributed by atoms with van der Waals surface area (Å²) in [5.74, 6) is 0. The van der Waals surface area contributed by atoms with E-state index in [0.29, 0.717) is 0 Å². The average molecular weight is 189 g/mol. The number of benzene rings is 1. The van der Waals surface area contributed by atoms with Crippen LogP contribution in [0.4, 0.5) is 0 Å². The molecule has 0 bridgehead atoms. The Balaban J connectivity index is 2.17. The number of nitrogens with zero attached hydrogens (tertiary/aromatic N) is 2. The quantitative estimate of drug-likeness (QED) is 0.680. The number of para-hydroxylation sites is 2. The molecule has 3 heteroatoms. The second-order valence-electron chi connectivity index (χ2n) is 3.34. The van der Waals surface area contributed by atoms with Crippen molar-refractivity contribution in [2.45, 2.75) is 19.4 Å². The number of aromatic nitrogens is 2. The summed E-state index contributed by atoms with van der Waals surface area (Å²) < 4.78 is 2.10. The van der Waals surface area contributed by atoms with Crippen LogP contribution in [-0.2, 0) is 11.7 Å². The molecular formula is C11H13N2O. The minimum absolute atomic E-state index is 0.0205. The molecule has 3 nitrogen and oxygen atoms in total. The van der Waals surface area contributed by atoms with Gasteiger partial charge in [0.2, 0.25) is 0 Å². The van der Waals surface area contributed by atoms with Crippen LogP contribution in [0.2, 0.25) is 0 Å². The first kappa shape index (κ1) is 9.21. The Morgan fingerprint density at radius 1 is 1.21 bits per heavy atom. The summed E-state index contributed by atoms with van der Waals surface area (Å²) in [6, 6.07) is 8.05. The van der Waals surface area contributed by atoms with Crippen LogP contribution in [0.15, 0.2) is 30.6 Å². The predicted molar refractivity (Wildman–Crippen MR) is 54.5 cm³/mol. The largest absolute Gasteiger partial charge is 0.331 e. The molecule has 0 saturated heterocycles. The summed E-state index contributed by atoms with van der Waals surface area (Å²) in [6.45, 7) is 0.912. The van der Waals surface area contributed by atoms with E-state index in [1.54, 1.807) is 0 Å². The molecule has 73 valence electrons. The zero-order valence-corrected chi connectivity index (χ0v) is 8.02. The highest BCUT2D eigenvalue weighted by Gasteiger charge is 1.99. The molecule has 0 aliphatic carbocycles. The molecule has 0 spiro atoms. The van der Waals surface area contributed by atoms with Crippen LogP contribution in [0.1, 0.15) is 12.8 Å². The van der Waals surface area contributed by atoms with E-state index in [4.69, 9.17) is 0 Å². The van der Waals surface area contributed by atoms with Gasteiger partial charge in [0.25, 0.3) is 0 Å². The molecular weight excluding hydrogens is 176 g/mol. The third-order valence-corrected chi connectivity index (χ3v) is 2.32. The normalized spacial score (nSPS) is 10.9. The molecule has 0 unspecified atom stereocenters. The topological polar surface area (TPSA) is 37.7 Å². The molecule has 2 aromatic rings. The summed E-state index contributed by atoms with van der Waals surface area (Å²) in [5, 5.41) is 10.3. The molecule has 2 rings (SSSR count).